The summed E-state index contributed by atoms with van der Waals surface area (Å²) in [6.45, 7) is 5.97. The molecule has 160 valence electrons. The molecule has 4 heterocycles. The number of likely N-dealkylation sites (tertiary alicyclic amines) is 1. The fraction of sp³-hybridized carbons (Fsp3) is 0.571. The van der Waals surface area contributed by atoms with E-state index < -0.39 is 0 Å². The number of amides is 2. The van der Waals surface area contributed by atoms with Crippen LogP contribution in [0.5, 0.6) is 0 Å². The van der Waals surface area contributed by atoms with Gasteiger partial charge in [0, 0.05) is 38.7 Å². The van der Waals surface area contributed by atoms with E-state index in [1.165, 1.54) is 0 Å². The molecule has 4 rings (SSSR count). The van der Waals surface area contributed by atoms with Crippen LogP contribution in [-0.2, 0) is 24.3 Å². The largest absolute Gasteiger partial charge is 0.333 e. The predicted molar refractivity (Wildman–Crippen MR) is 110 cm³/mol. The Morgan fingerprint density at radius 3 is 2.87 bits per heavy atom. The number of hydrogen-bond donors (Lipinski definition) is 1. The maximum atomic E-state index is 12.9. The molecule has 2 amide bonds. The zero-order chi connectivity index (χ0) is 21.3. The number of carbonyl (C=O) groups excluding carboxylic acids is 2. The van der Waals surface area contributed by atoms with Crippen LogP contribution in [0.3, 0.4) is 0 Å². The number of nitrogens with one attached hydrogen (secondary N) is 1. The van der Waals surface area contributed by atoms with Gasteiger partial charge in [-0.05, 0) is 32.3 Å². The Kier molecular flexibility index (Phi) is 5.69. The van der Waals surface area contributed by atoms with Crippen LogP contribution in [-0.4, -0.2) is 54.5 Å². The van der Waals surface area contributed by atoms with E-state index in [0.717, 1.165) is 25.0 Å². The van der Waals surface area contributed by atoms with E-state index in [1.807, 2.05) is 18.7 Å². The Hall–Kier alpha value is -2.97. The van der Waals surface area contributed by atoms with E-state index in [9.17, 15) is 14.4 Å². The molecule has 0 bridgehead atoms. The van der Waals surface area contributed by atoms with Crippen LogP contribution < -0.4 is 5.56 Å². The molecule has 0 spiro atoms. The summed E-state index contributed by atoms with van der Waals surface area (Å²) in [4.78, 5) is 49.4. The monoisotopic (exact) mass is 412 g/mol. The Morgan fingerprint density at radius 1 is 1.27 bits per heavy atom. The fourth-order valence-electron chi connectivity index (χ4n) is 4.41. The lowest BCUT2D eigenvalue weighted by atomic mass is 10.1. The second kappa shape index (κ2) is 8.41. The highest BCUT2D eigenvalue weighted by atomic mass is 16.2. The lowest BCUT2D eigenvalue weighted by molar-refractivity contribution is -0.132. The van der Waals surface area contributed by atoms with E-state index in [1.54, 1.807) is 21.8 Å². The molecular formula is C21H28N6O3. The van der Waals surface area contributed by atoms with Crippen LogP contribution in [0.15, 0.2) is 17.1 Å². The minimum absolute atomic E-state index is 0.115. The summed E-state index contributed by atoms with van der Waals surface area (Å²) in [7, 11) is 0. The maximum Gasteiger partial charge on any atom is 0.272 e. The van der Waals surface area contributed by atoms with Crippen molar-refractivity contribution in [2.24, 2.45) is 0 Å². The molecular weight excluding hydrogens is 384 g/mol. The first-order valence-electron chi connectivity index (χ1n) is 10.8. The number of carbonyl (C=O) groups is 2. The van der Waals surface area contributed by atoms with Gasteiger partial charge in [0.1, 0.15) is 11.5 Å². The van der Waals surface area contributed by atoms with Crippen molar-refractivity contribution in [3.8, 4) is 0 Å². The average molecular weight is 412 g/mol. The van der Waals surface area contributed by atoms with Crippen LogP contribution in [0.2, 0.25) is 0 Å². The number of fused-ring (bicyclic) bond motifs is 1. The molecule has 0 radical (unpaired) electrons. The molecule has 9 heteroatoms. The third kappa shape index (κ3) is 3.64. The van der Waals surface area contributed by atoms with Crippen molar-refractivity contribution in [1.82, 2.24) is 29.5 Å². The highest BCUT2D eigenvalue weighted by molar-refractivity contribution is 5.92. The molecule has 1 fully saturated rings. The van der Waals surface area contributed by atoms with Crippen molar-refractivity contribution in [2.45, 2.75) is 65.1 Å². The minimum atomic E-state index is -0.216. The van der Waals surface area contributed by atoms with Crippen molar-refractivity contribution < 1.29 is 9.59 Å². The Bertz CT molecular complexity index is 1010. The smallest absolute Gasteiger partial charge is 0.272 e. The second-order valence-corrected chi connectivity index (χ2v) is 7.88. The number of aromatic amines is 1. The third-order valence-electron chi connectivity index (χ3n) is 5.96. The number of hydrogen-bond acceptors (Lipinski definition) is 5. The standard InChI is InChI=1S/C21H28N6O3/c1-3-6-18(28)26-11-5-7-16(26)19-23-15-9-12-25(13-14(15)20(29)24-19)21(30)17-8-10-22-27(17)4-2/h8,10,16H,3-7,9,11-13H2,1-2H3,(H,23,24,29)/t16-/m0/s1. The number of nitrogens with zero attached hydrogens (tertiary/aromatic N) is 5. The summed E-state index contributed by atoms with van der Waals surface area (Å²) in [5.74, 6) is 0.560. The molecule has 2 aromatic heterocycles. The van der Waals surface area contributed by atoms with Gasteiger partial charge in [0.05, 0.1) is 23.8 Å². The van der Waals surface area contributed by atoms with E-state index in [0.29, 0.717) is 49.6 Å². The van der Waals surface area contributed by atoms with Crippen molar-refractivity contribution in [3.05, 3.63) is 45.4 Å². The molecule has 0 aromatic carbocycles. The van der Waals surface area contributed by atoms with Gasteiger partial charge in [0.2, 0.25) is 5.91 Å². The summed E-state index contributed by atoms with van der Waals surface area (Å²) in [5.41, 5.74) is 1.58. The highest BCUT2D eigenvalue weighted by Gasteiger charge is 2.33. The molecule has 0 unspecified atom stereocenters. The topological polar surface area (TPSA) is 104 Å². The Labute approximate surface area is 175 Å². The van der Waals surface area contributed by atoms with Crippen LogP contribution in [0, 0.1) is 0 Å². The fourth-order valence-corrected chi connectivity index (χ4v) is 4.41. The van der Waals surface area contributed by atoms with E-state index in [-0.39, 0.29) is 30.0 Å². The summed E-state index contributed by atoms with van der Waals surface area (Å²) >= 11 is 0. The van der Waals surface area contributed by atoms with Crippen LogP contribution in [0.25, 0.3) is 0 Å². The molecule has 1 N–H and O–H groups in total. The van der Waals surface area contributed by atoms with Gasteiger partial charge in [0.25, 0.3) is 11.5 Å². The van der Waals surface area contributed by atoms with Gasteiger partial charge in [-0.2, -0.15) is 5.10 Å². The normalized spacial score (nSPS) is 18.5. The van der Waals surface area contributed by atoms with E-state index in [4.69, 9.17) is 4.98 Å². The van der Waals surface area contributed by atoms with Gasteiger partial charge in [-0.25, -0.2) is 4.98 Å². The van der Waals surface area contributed by atoms with Crippen LogP contribution >= 0.6 is 0 Å². The highest BCUT2D eigenvalue weighted by Crippen LogP contribution is 2.31. The summed E-state index contributed by atoms with van der Waals surface area (Å²) in [5, 5.41) is 4.16. The first kappa shape index (κ1) is 20.3. The molecule has 9 nitrogen and oxygen atoms in total. The first-order valence-corrected chi connectivity index (χ1v) is 10.8. The molecule has 0 aliphatic carbocycles. The van der Waals surface area contributed by atoms with Crippen molar-refractivity contribution in [2.75, 3.05) is 13.1 Å². The number of H-pyrrole nitrogens is 1. The molecule has 2 aliphatic heterocycles. The lowest BCUT2D eigenvalue weighted by Gasteiger charge is -2.29. The molecule has 30 heavy (non-hydrogen) atoms. The van der Waals surface area contributed by atoms with E-state index in [2.05, 4.69) is 10.1 Å². The molecule has 1 atom stereocenters. The SMILES string of the molecule is CCCC(=O)N1CCC[C@H]1c1nc2c(c(=O)[nH]1)CN(C(=O)c1ccnn1CC)CC2. The second-order valence-electron chi connectivity index (χ2n) is 7.88. The number of aromatic nitrogens is 4. The van der Waals surface area contributed by atoms with Crippen LogP contribution in [0.1, 0.15) is 73.1 Å². The Balaban J connectivity index is 1.56. The summed E-state index contributed by atoms with van der Waals surface area (Å²) < 4.78 is 1.66. The van der Waals surface area contributed by atoms with Gasteiger partial charge in [-0.15, -0.1) is 0 Å². The van der Waals surface area contributed by atoms with Gasteiger partial charge in [-0.3, -0.25) is 19.1 Å². The number of aryl methyl sites for hydroxylation is 1. The first-order chi connectivity index (χ1) is 14.5. The number of rotatable bonds is 5. The van der Waals surface area contributed by atoms with Crippen LogP contribution in [0.4, 0.5) is 0 Å². The van der Waals surface area contributed by atoms with E-state index >= 15 is 0 Å². The summed E-state index contributed by atoms with van der Waals surface area (Å²) in [6.07, 6.45) is 5.17. The predicted octanol–water partition coefficient (Wildman–Crippen LogP) is 1.65. The maximum absolute atomic E-state index is 12.9. The van der Waals surface area contributed by atoms with Gasteiger partial charge in [-0.1, -0.05) is 6.92 Å². The molecule has 0 saturated carbocycles. The average Bonchev–Trinajstić information content (AvgIpc) is 3.42. The third-order valence-corrected chi connectivity index (χ3v) is 5.96. The van der Waals surface area contributed by atoms with Crippen molar-refractivity contribution in [3.63, 3.8) is 0 Å². The zero-order valence-electron chi connectivity index (χ0n) is 17.6. The molecule has 1 saturated heterocycles. The minimum Gasteiger partial charge on any atom is -0.333 e. The quantitative estimate of drug-likeness (QED) is 0.804. The Morgan fingerprint density at radius 2 is 2.10 bits per heavy atom. The van der Waals surface area contributed by atoms with Crippen molar-refractivity contribution >= 4 is 11.8 Å². The zero-order valence-corrected chi connectivity index (χ0v) is 17.6. The van der Waals surface area contributed by atoms with Crippen molar-refractivity contribution in [1.29, 1.82) is 0 Å². The lowest BCUT2D eigenvalue weighted by Crippen LogP contribution is -2.41. The van der Waals surface area contributed by atoms with Gasteiger partial charge in [0.15, 0.2) is 0 Å². The molecule has 2 aromatic rings. The molecule has 2 aliphatic rings. The summed E-state index contributed by atoms with van der Waals surface area (Å²) in [6, 6.07) is 1.54. The van der Waals surface area contributed by atoms with Gasteiger partial charge >= 0.3 is 0 Å². The van der Waals surface area contributed by atoms with Gasteiger partial charge < -0.3 is 14.8 Å².